The summed E-state index contributed by atoms with van der Waals surface area (Å²) in [6, 6.07) is 12.2. The third-order valence-electron chi connectivity index (χ3n) is 5.10. The van der Waals surface area contributed by atoms with E-state index in [1.165, 1.54) is 5.56 Å². The SMILES string of the molecule is Cc1cc(C(=O)N2CCC[C@@H](C(N)=O)C2)c(C)n1Cc1ccccc1. The summed E-state index contributed by atoms with van der Waals surface area (Å²) >= 11 is 0. The molecule has 2 aromatic rings. The van der Waals surface area contributed by atoms with E-state index in [2.05, 4.69) is 16.7 Å². The molecule has 1 aromatic heterocycles. The van der Waals surface area contributed by atoms with Gasteiger partial charge in [-0.3, -0.25) is 9.59 Å². The van der Waals surface area contributed by atoms with Crippen molar-refractivity contribution in [2.75, 3.05) is 13.1 Å². The van der Waals surface area contributed by atoms with Crippen molar-refractivity contribution in [1.82, 2.24) is 9.47 Å². The van der Waals surface area contributed by atoms with E-state index >= 15 is 0 Å². The summed E-state index contributed by atoms with van der Waals surface area (Å²) in [4.78, 5) is 26.2. The fourth-order valence-electron chi connectivity index (χ4n) is 3.59. The Morgan fingerprint density at radius 2 is 1.92 bits per heavy atom. The molecule has 3 rings (SSSR count). The number of rotatable bonds is 4. The van der Waals surface area contributed by atoms with Crippen LogP contribution in [0, 0.1) is 19.8 Å². The molecule has 2 N–H and O–H groups in total. The van der Waals surface area contributed by atoms with Crippen LogP contribution in [0.1, 0.15) is 40.2 Å². The Labute approximate surface area is 148 Å². The lowest BCUT2D eigenvalue weighted by atomic mass is 9.97. The fraction of sp³-hybridized carbons (Fsp3) is 0.400. The molecule has 5 nitrogen and oxygen atoms in total. The highest BCUT2D eigenvalue weighted by molar-refractivity contribution is 5.96. The van der Waals surface area contributed by atoms with Gasteiger partial charge in [0.1, 0.15) is 0 Å². The second-order valence-corrected chi connectivity index (χ2v) is 6.85. The second kappa shape index (κ2) is 7.13. The lowest BCUT2D eigenvalue weighted by molar-refractivity contribution is -0.123. The van der Waals surface area contributed by atoms with Crippen molar-refractivity contribution in [3.63, 3.8) is 0 Å². The monoisotopic (exact) mass is 339 g/mol. The zero-order valence-corrected chi connectivity index (χ0v) is 14.9. The number of carbonyl (C=O) groups is 2. The molecule has 1 fully saturated rings. The molecule has 132 valence electrons. The smallest absolute Gasteiger partial charge is 0.255 e. The van der Waals surface area contributed by atoms with Crippen LogP contribution in [0.4, 0.5) is 0 Å². The van der Waals surface area contributed by atoms with Crippen LogP contribution in [-0.2, 0) is 11.3 Å². The summed E-state index contributed by atoms with van der Waals surface area (Å²) in [7, 11) is 0. The maximum absolute atomic E-state index is 13.0. The van der Waals surface area contributed by atoms with Gasteiger partial charge in [-0.05, 0) is 38.3 Å². The van der Waals surface area contributed by atoms with E-state index in [0.717, 1.165) is 36.3 Å². The predicted molar refractivity (Wildman–Crippen MR) is 97.3 cm³/mol. The molecule has 1 aliphatic rings. The van der Waals surface area contributed by atoms with Crippen LogP contribution >= 0.6 is 0 Å². The molecule has 0 aliphatic carbocycles. The number of primary amides is 1. The van der Waals surface area contributed by atoms with Gasteiger partial charge in [-0.25, -0.2) is 0 Å². The Bertz CT molecular complexity index is 780. The molecule has 0 spiro atoms. The number of hydrogen-bond acceptors (Lipinski definition) is 2. The average Bonchev–Trinajstić information content (AvgIpc) is 2.90. The number of aromatic nitrogens is 1. The normalized spacial score (nSPS) is 17.5. The Morgan fingerprint density at radius 1 is 1.20 bits per heavy atom. The first-order chi connectivity index (χ1) is 12.0. The number of hydrogen-bond donors (Lipinski definition) is 1. The Hall–Kier alpha value is -2.56. The minimum absolute atomic E-state index is 0.00152. The quantitative estimate of drug-likeness (QED) is 0.930. The van der Waals surface area contributed by atoms with E-state index in [4.69, 9.17) is 5.73 Å². The number of nitrogens with two attached hydrogens (primary N) is 1. The van der Waals surface area contributed by atoms with Crippen molar-refractivity contribution in [2.45, 2.75) is 33.2 Å². The summed E-state index contributed by atoms with van der Waals surface area (Å²) in [5.41, 5.74) is 9.38. The maximum Gasteiger partial charge on any atom is 0.255 e. The standard InChI is InChI=1S/C20H25N3O2/c1-14-11-18(15(2)23(14)12-16-7-4-3-5-8-16)20(25)22-10-6-9-17(13-22)19(21)24/h3-5,7-8,11,17H,6,9-10,12-13H2,1-2H3,(H2,21,24)/t17-/m1/s1. The number of likely N-dealkylation sites (tertiary alicyclic amines) is 1. The van der Waals surface area contributed by atoms with E-state index in [0.29, 0.717) is 13.1 Å². The van der Waals surface area contributed by atoms with Crippen molar-refractivity contribution < 1.29 is 9.59 Å². The zero-order valence-electron chi connectivity index (χ0n) is 14.9. The molecule has 0 bridgehead atoms. The summed E-state index contributed by atoms with van der Waals surface area (Å²) in [5, 5.41) is 0. The first-order valence-corrected chi connectivity index (χ1v) is 8.76. The topological polar surface area (TPSA) is 68.3 Å². The number of amides is 2. The van der Waals surface area contributed by atoms with Crippen LogP contribution in [0.25, 0.3) is 0 Å². The van der Waals surface area contributed by atoms with E-state index in [-0.39, 0.29) is 17.7 Å². The highest BCUT2D eigenvalue weighted by Gasteiger charge is 2.29. The fourth-order valence-corrected chi connectivity index (χ4v) is 3.59. The predicted octanol–water partition coefficient (Wildman–Crippen LogP) is 2.49. The molecule has 0 unspecified atom stereocenters. The molecule has 1 aromatic carbocycles. The number of benzene rings is 1. The van der Waals surface area contributed by atoms with Crippen molar-refractivity contribution in [3.8, 4) is 0 Å². The Balaban J connectivity index is 1.82. The van der Waals surface area contributed by atoms with Crippen LogP contribution in [0.2, 0.25) is 0 Å². The van der Waals surface area contributed by atoms with Crippen LogP contribution in [0.3, 0.4) is 0 Å². The molecule has 0 saturated carbocycles. The molecule has 1 atom stereocenters. The van der Waals surface area contributed by atoms with Crippen LogP contribution in [0.15, 0.2) is 36.4 Å². The van der Waals surface area contributed by atoms with Crippen molar-refractivity contribution in [2.24, 2.45) is 11.7 Å². The number of nitrogens with zero attached hydrogens (tertiary/aromatic N) is 2. The van der Waals surface area contributed by atoms with Crippen LogP contribution < -0.4 is 5.73 Å². The van der Waals surface area contributed by atoms with Gasteiger partial charge in [-0.15, -0.1) is 0 Å². The summed E-state index contributed by atoms with van der Waals surface area (Å²) < 4.78 is 2.16. The summed E-state index contributed by atoms with van der Waals surface area (Å²) in [5.74, 6) is -0.545. The number of aryl methyl sites for hydroxylation is 1. The third-order valence-corrected chi connectivity index (χ3v) is 5.10. The van der Waals surface area contributed by atoms with Crippen LogP contribution in [-0.4, -0.2) is 34.4 Å². The lowest BCUT2D eigenvalue weighted by Gasteiger charge is -2.31. The molecule has 1 saturated heterocycles. The average molecular weight is 339 g/mol. The molecule has 1 aliphatic heterocycles. The van der Waals surface area contributed by atoms with Gasteiger partial charge in [-0.2, -0.15) is 0 Å². The summed E-state index contributed by atoms with van der Waals surface area (Å²) in [6.07, 6.45) is 1.59. The largest absolute Gasteiger partial charge is 0.369 e. The second-order valence-electron chi connectivity index (χ2n) is 6.85. The van der Waals surface area contributed by atoms with E-state index in [1.807, 2.05) is 38.1 Å². The first-order valence-electron chi connectivity index (χ1n) is 8.76. The first kappa shape index (κ1) is 17.3. The molecule has 2 heterocycles. The van der Waals surface area contributed by atoms with E-state index < -0.39 is 0 Å². The molecule has 25 heavy (non-hydrogen) atoms. The van der Waals surface area contributed by atoms with E-state index in [9.17, 15) is 9.59 Å². The van der Waals surface area contributed by atoms with Gasteiger partial charge >= 0.3 is 0 Å². The molecular weight excluding hydrogens is 314 g/mol. The minimum atomic E-state index is -0.313. The van der Waals surface area contributed by atoms with Crippen molar-refractivity contribution in [3.05, 3.63) is 58.9 Å². The molecule has 2 amide bonds. The van der Waals surface area contributed by atoms with Gasteiger partial charge in [-0.1, -0.05) is 30.3 Å². The number of carbonyl (C=O) groups excluding carboxylic acids is 2. The van der Waals surface area contributed by atoms with Crippen molar-refractivity contribution in [1.29, 1.82) is 0 Å². The van der Waals surface area contributed by atoms with Crippen LogP contribution in [0.5, 0.6) is 0 Å². The van der Waals surface area contributed by atoms with E-state index in [1.54, 1.807) is 4.90 Å². The number of piperidine rings is 1. The zero-order chi connectivity index (χ0) is 18.0. The third kappa shape index (κ3) is 3.60. The van der Waals surface area contributed by atoms with Gasteiger partial charge in [0.2, 0.25) is 5.91 Å². The highest BCUT2D eigenvalue weighted by atomic mass is 16.2. The van der Waals surface area contributed by atoms with Gasteiger partial charge in [0.25, 0.3) is 5.91 Å². The van der Waals surface area contributed by atoms with Gasteiger partial charge in [0.05, 0.1) is 11.5 Å². The van der Waals surface area contributed by atoms with Gasteiger partial charge < -0.3 is 15.2 Å². The Morgan fingerprint density at radius 3 is 2.60 bits per heavy atom. The minimum Gasteiger partial charge on any atom is -0.369 e. The molecule has 5 heteroatoms. The van der Waals surface area contributed by atoms with Gasteiger partial charge in [0.15, 0.2) is 0 Å². The lowest BCUT2D eigenvalue weighted by Crippen LogP contribution is -2.44. The van der Waals surface area contributed by atoms with Crippen molar-refractivity contribution >= 4 is 11.8 Å². The van der Waals surface area contributed by atoms with Gasteiger partial charge in [0, 0.05) is 31.0 Å². The molecular formula is C20H25N3O2. The summed E-state index contributed by atoms with van der Waals surface area (Å²) in [6.45, 7) is 5.87. The highest BCUT2D eigenvalue weighted by Crippen LogP contribution is 2.22. The molecule has 0 radical (unpaired) electrons. The Kier molecular flexibility index (Phi) is 4.93. The maximum atomic E-state index is 13.0.